The first-order valence-electron chi connectivity index (χ1n) is 26.1. The van der Waals surface area contributed by atoms with Gasteiger partial charge in [0.25, 0.3) is 0 Å². The van der Waals surface area contributed by atoms with Crippen LogP contribution in [0.3, 0.4) is 0 Å². The van der Waals surface area contributed by atoms with Crippen molar-refractivity contribution in [3.8, 4) is 0 Å². The highest BCUT2D eigenvalue weighted by atomic mass is 32.3. The first-order valence-corrected chi connectivity index (χ1v) is 27.4. The number of rotatable bonds is 45. The van der Waals surface area contributed by atoms with Crippen molar-refractivity contribution in [3.63, 3.8) is 0 Å². The second-order valence-corrected chi connectivity index (χ2v) is 19.5. The average molecular weight is 920 g/mol. The Balaban J connectivity index is 2.27. The van der Waals surface area contributed by atoms with E-state index in [-0.39, 0.29) is 12.5 Å². The molecule has 1 fully saturated rings. The van der Waals surface area contributed by atoms with Crippen molar-refractivity contribution in [2.24, 2.45) is 0 Å². The summed E-state index contributed by atoms with van der Waals surface area (Å²) >= 11 is 0. The maximum Gasteiger partial charge on any atom is 0.397 e. The van der Waals surface area contributed by atoms with E-state index in [1.54, 1.807) is 0 Å². The Morgan fingerprint density at radius 1 is 0.619 bits per heavy atom. The van der Waals surface area contributed by atoms with Gasteiger partial charge in [0.2, 0.25) is 5.91 Å². The Labute approximate surface area is 385 Å². The zero-order chi connectivity index (χ0) is 46.2. The van der Waals surface area contributed by atoms with Crippen molar-refractivity contribution in [2.75, 3.05) is 13.2 Å². The number of carbonyl (C=O) groups is 1. The molecule has 1 rings (SSSR count). The molecule has 0 bridgehead atoms. The molecule has 7 unspecified atom stereocenters. The van der Waals surface area contributed by atoms with Crippen LogP contribution in [-0.4, -0.2) is 95.4 Å². The molecule has 0 aromatic heterocycles. The van der Waals surface area contributed by atoms with Crippen molar-refractivity contribution >= 4 is 16.3 Å². The molecule has 63 heavy (non-hydrogen) atoms. The standard InChI is InChI=1S/C50H97NO11S/c1-3-5-7-9-11-13-14-15-16-17-18-19-20-21-22-23-24-25-26-27-28-29-30-32-34-36-38-40-46(54)51-43(44(53)39-37-35-33-31-12-10-8-6-4-2)42-60-50-48(56)49(62-63(57,58)59)47(55)45(41-52)61-50/h21-22,43-45,47-50,52-53,55-56H,3-20,23-42H2,1-2H3,(H,51,54)(H,57,58,59)/b22-21-. The fraction of sp³-hybridized carbons (Fsp3) is 0.940. The molecule has 374 valence electrons. The minimum absolute atomic E-state index is 0.230. The van der Waals surface area contributed by atoms with Crippen LogP contribution in [0.1, 0.15) is 245 Å². The molecule has 12 nitrogen and oxygen atoms in total. The third-order valence-electron chi connectivity index (χ3n) is 12.6. The number of amides is 1. The van der Waals surface area contributed by atoms with Gasteiger partial charge in [-0.25, -0.2) is 4.18 Å². The lowest BCUT2D eigenvalue weighted by Gasteiger charge is -2.41. The van der Waals surface area contributed by atoms with E-state index in [9.17, 15) is 38.2 Å². The maximum atomic E-state index is 13.0. The predicted octanol–water partition coefficient (Wildman–Crippen LogP) is 11.1. The zero-order valence-electron chi connectivity index (χ0n) is 40.2. The van der Waals surface area contributed by atoms with Crippen molar-refractivity contribution < 1.29 is 51.8 Å². The Hall–Kier alpha value is -1.16. The van der Waals surface area contributed by atoms with Crippen molar-refractivity contribution in [2.45, 2.75) is 288 Å². The molecule has 0 saturated carbocycles. The Morgan fingerprint density at radius 3 is 1.43 bits per heavy atom. The molecule has 1 heterocycles. The number of allylic oxidation sites excluding steroid dienone is 2. The lowest BCUT2D eigenvalue weighted by Crippen LogP contribution is -2.61. The summed E-state index contributed by atoms with van der Waals surface area (Å²) < 4.78 is 47.6. The van der Waals surface area contributed by atoms with Gasteiger partial charge < -0.3 is 35.2 Å². The Bertz CT molecular complexity index is 1180. The Kier molecular flexibility index (Phi) is 39.0. The molecule has 13 heteroatoms. The number of carbonyl (C=O) groups excluding carboxylic acids is 1. The quantitative estimate of drug-likeness (QED) is 0.0193. The van der Waals surface area contributed by atoms with E-state index in [0.29, 0.717) is 12.8 Å². The maximum absolute atomic E-state index is 13.0. The second-order valence-electron chi connectivity index (χ2n) is 18.5. The van der Waals surface area contributed by atoms with Gasteiger partial charge in [-0.3, -0.25) is 9.35 Å². The van der Waals surface area contributed by atoms with Gasteiger partial charge >= 0.3 is 10.4 Å². The van der Waals surface area contributed by atoms with Crippen LogP contribution in [0.4, 0.5) is 0 Å². The summed E-state index contributed by atoms with van der Waals surface area (Å²) in [5, 5.41) is 44.8. The topological polar surface area (TPSA) is 192 Å². The van der Waals surface area contributed by atoms with Crippen molar-refractivity contribution in [3.05, 3.63) is 12.2 Å². The van der Waals surface area contributed by atoms with Crippen LogP contribution in [0.5, 0.6) is 0 Å². The Morgan fingerprint density at radius 2 is 1.02 bits per heavy atom. The highest BCUT2D eigenvalue weighted by Gasteiger charge is 2.48. The van der Waals surface area contributed by atoms with Crippen LogP contribution in [-0.2, 0) is 28.9 Å². The highest BCUT2D eigenvalue weighted by Crippen LogP contribution is 2.26. The SMILES string of the molecule is CCCCCCCCCCCCCC/C=C\CCCCCCCCCCCCCC(=O)NC(COC1OC(CO)C(O)C(OS(=O)(=O)O)C1O)C(O)CCCCCCCCCCC. The van der Waals surface area contributed by atoms with Crippen LogP contribution in [0.25, 0.3) is 0 Å². The molecule has 1 saturated heterocycles. The van der Waals surface area contributed by atoms with Crippen LogP contribution in [0, 0.1) is 0 Å². The van der Waals surface area contributed by atoms with E-state index >= 15 is 0 Å². The van der Waals surface area contributed by atoms with Crippen LogP contribution in [0.2, 0.25) is 0 Å². The lowest BCUT2D eigenvalue weighted by atomic mass is 9.99. The van der Waals surface area contributed by atoms with Crippen molar-refractivity contribution in [1.82, 2.24) is 5.32 Å². The smallest absolute Gasteiger partial charge is 0.394 e. The van der Waals surface area contributed by atoms with Crippen LogP contribution < -0.4 is 5.32 Å². The molecule has 1 aliphatic rings. The van der Waals surface area contributed by atoms with Gasteiger partial charge in [0.15, 0.2) is 6.29 Å². The van der Waals surface area contributed by atoms with Gasteiger partial charge in [-0.1, -0.05) is 212 Å². The monoisotopic (exact) mass is 920 g/mol. The number of ether oxygens (including phenoxy) is 2. The first kappa shape index (κ1) is 59.9. The summed E-state index contributed by atoms with van der Waals surface area (Å²) in [7, 11) is -5.07. The van der Waals surface area contributed by atoms with E-state index in [1.807, 2.05) is 0 Å². The lowest BCUT2D eigenvalue weighted by molar-refractivity contribution is -0.298. The normalized spacial score (nSPS) is 20.4. The first-order chi connectivity index (χ1) is 30.5. The number of hydrogen-bond donors (Lipinski definition) is 6. The molecule has 0 radical (unpaired) electrons. The van der Waals surface area contributed by atoms with E-state index in [4.69, 9.17) is 9.47 Å². The summed E-state index contributed by atoms with van der Waals surface area (Å²) in [5.74, 6) is -0.230. The minimum Gasteiger partial charge on any atom is -0.394 e. The van der Waals surface area contributed by atoms with Gasteiger partial charge in [-0.2, -0.15) is 8.42 Å². The number of aliphatic hydroxyl groups is 4. The van der Waals surface area contributed by atoms with Gasteiger partial charge in [0.1, 0.15) is 24.4 Å². The minimum atomic E-state index is -5.07. The molecule has 7 atom stereocenters. The van der Waals surface area contributed by atoms with Gasteiger partial charge in [-0.15, -0.1) is 0 Å². The average Bonchev–Trinajstić information content (AvgIpc) is 3.25. The summed E-state index contributed by atoms with van der Waals surface area (Å²) in [5.41, 5.74) is 0. The molecule has 0 spiro atoms. The van der Waals surface area contributed by atoms with E-state index in [2.05, 4.69) is 35.5 Å². The third-order valence-corrected chi connectivity index (χ3v) is 13.0. The van der Waals surface area contributed by atoms with E-state index in [1.165, 1.54) is 167 Å². The largest absolute Gasteiger partial charge is 0.397 e. The third kappa shape index (κ3) is 33.9. The molecule has 1 aliphatic heterocycles. The molecular weight excluding hydrogens is 823 g/mol. The summed E-state index contributed by atoms with van der Waals surface area (Å²) in [6, 6.07) is -0.854. The molecule has 0 aromatic rings. The highest BCUT2D eigenvalue weighted by molar-refractivity contribution is 7.80. The van der Waals surface area contributed by atoms with Crippen LogP contribution >= 0.6 is 0 Å². The van der Waals surface area contributed by atoms with Crippen molar-refractivity contribution in [1.29, 1.82) is 0 Å². The van der Waals surface area contributed by atoms with E-state index in [0.717, 1.165) is 51.4 Å². The van der Waals surface area contributed by atoms with Gasteiger partial charge in [0, 0.05) is 6.42 Å². The number of nitrogens with one attached hydrogen (secondary N) is 1. The van der Waals surface area contributed by atoms with Gasteiger partial charge in [-0.05, 0) is 38.5 Å². The van der Waals surface area contributed by atoms with E-state index < -0.39 is 59.9 Å². The molecule has 0 aromatic carbocycles. The zero-order valence-corrected chi connectivity index (χ0v) is 41.0. The number of hydrogen-bond acceptors (Lipinski definition) is 10. The molecule has 1 amide bonds. The fourth-order valence-corrected chi connectivity index (χ4v) is 9.02. The van der Waals surface area contributed by atoms with Crippen LogP contribution in [0.15, 0.2) is 12.2 Å². The predicted molar refractivity (Wildman–Crippen MR) is 255 cm³/mol. The number of aliphatic hydroxyl groups excluding tert-OH is 4. The summed E-state index contributed by atoms with van der Waals surface area (Å²) in [6.07, 6.45) is 38.2. The molecule has 6 N–H and O–H groups in total. The number of unbranched alkanes of at least 4 members (excludes halogenated alkanes) is 31. The molecular formula is C50H97NO11S. The fourth-order valence-electron chi connectivity index (χ4n) is 8.51. The molecule has 0 aliphatic carbocycles. The summed E-state index contributed by atoms with van der Waals surface area (Å²) in [4.78, 5) is 13.0. The second kappa shape index (κ2) is 41.1. The summed E-state index contributed by atoms with van der Waals surface area (Å²) in [6.45, 7) is 3.43. The van der Waals surface area contributed by atoms with Gasteiger partial charge in [0.05, 0.1) is 25.4 Å².